The van der Waals surface area contributed by atoms with Crippen LogP contribution in [0.15, 0.2) is 0 Å². The molecule has 0 aliphatic heterocycles. The molecule has 0 fully saturated rings. The van der Waals surface area contributed by atoms with Crippen molar-refractivity contribution in [3.63, 3.8) is 0 Å². The Kier molecular flexibility index (Phi) is 20.0. The zero-order chi connectivity index (χ0) is 7.15. The van der Waals surface area contributed by atoms with Gasteiger partial charge in [0.25, 0.3) is 5.97 Å². The Labute approximate surface area is 74.2 Å². The number of rotatable bonds is 0. The summed E-state index contributed by atoms with van der Waals surface area (Å²) in [6.07, 6.45) is -0.167. The molecule has 4 heteroatoms. The van der Waals surface area contributed by atoms with Crippen molar-refractivity contribution in [1.29, 1.82) is 0 Å². The topological polar surface area (TPSA) is 57.5 Å². The molecule has 3 nitrogen and oxygen atoms in total. The van der Waals surface area contributed by atoms with Crippen molar-refractivity contribution in [1.82, 2.24) is 0 Å². The van der Waals surface area contributed by atoms with E-state index in [2.05, 4.69) is 0 Å². The first-order valence-electron chi connectivity index (χ1n) is 2.34. The van der Waals surface area contributed by atoms with Crippen LogP contribution in [0.5, 0.6) is 0 Å². The summed E-state index contributed by atoms with van der Waals surface area (Å²) in [6, 6.07) is 0. The molecule has 9 heavy (non-hydrogen) atoms. The summed E-state index contributed by atoms with van der Waals surface area (Å²) in [7, 11) is 0. The molecule has 0 saturated carbocycles. The van der Waals surface area contributed by atoms with Crippen LogP contribution in [0.1, 0.15) is 20.8 Å². The van der Waals surface area contributed by atoms with E-state index in [-0.39, 0.29) is 32.3 Å². The summed E-state index contributed by atoms with van der Waals surface area (Å²) in [5.74, 6) is -0.833. The van der Waals surface area contributed by atoms with Crippen molar-refractivity contribution in [2.45, 2.75) is 26.9 Å². The molecular formula is C5H12O3Zr. The molecule has 0 unspecified atom stereocenters. The Morgan fingerprint density at radius 3 is 1.44 bits per heavy atom. The summed E-state index contributed by atoms with van der Waals surface area (Å²) in [4.78, 5) is 9.00. The van der Waals surface area contributed by atoms with E-state index in [1.807, 2.05) is 0 Å². The average Bonchev–Trinajstić information content (AvgIpc) is 1.25. The van der Waals surface area contributed by atoms with E-state index in [0.717, 1.165) is 6.92 Å². The van der Waals surface area contributed by atoms with Gasteiger partial charge in [0.2, 0.25) is 0 Å². The van der Waals surface area contributed by atoms with Gasteiger partial charge in [0.15, 0.2) is 0 Å². The fourth-order valence-electron chi connectivity index (χ4n) is 0. The van der Waals surface area contributed by atoms with Crippen molar-refractivity contribution < 1.29 is 41.2 Å². The third kappa shape index (κ3) is 3380. The maximum atomic E-state index is 9.00. The van der Waals surface area contributed by atoms with Gasteiger partial charge in [0, 0.05) is 39.2 Å². The number of aliphatic carboxylic acids is 1. The first-order chi connectivity index (χ1) is 3.46. The predicted octanol–water partition coefficient (Wildman–Crippen LogP) is 0.476. The second kappa shape index (κ2) is 11.2. The number of hydrogen-bond acceptors (Lipinski definition) is 2. The molecule has 0 aromatic carbocycles. The van der Waals surface area contributed by atoms with Gasteiger partial charge in [-0.1, -0.05) is 0 Å². The summed E-state index contributed by atoms with van der Waals surface area (Å²) in [6.45, 7) is 4.53. The predicted molar refractivity (Wildman–Crippen MR) is 30.7 cm³/mol. The Balaban J connectivity index is -0.0000000720. The van der Waals surface area contributed by atoms with Gasteiger partial charge >= 0.3 is 0 Å². The van der Waals surface area contributed by atoms with E-state index in [1.165, 1.54) is 0 Å². The first-order valence-corrected chi connectivity index (χ1v) is 2.34. The number of hydrogen-bond donors (Lipinski definition) is 2. The van der Waals surface area contributed by atoms with Crippen LogP contribution in [-0.4, -0.2) is 22.3 Å². The van der Waals surface area contributed by atoms with Crippen molar-refractivity contribution >= 4 is 5.97 Å². The van der Waals surface area contributed by atoms with E-state index in [1.54, 1.807) is 13.8 Å². The normalized spacial score (nSPS) is 6.78. The maximum Gasteiger partial charge on any atom is 0.300 e. The van der Waals surface area contributed by atoms with Gasteiger partial charge in [-0.15, -0.1) is 0 Å². The summed E-state index contributed by atoms with van der Waals surface area (Å²) in [5, 5.41) is 15.5. The minimum Gasteiger partial charge on any atom is -0.481 e. The molecule has 0 spiro atoms. The van der Waals surface area contributed by atoms with E-state index >= 15 is 0 Å². The molecule has 0 saturated heterocycles. The van der Waals surface area contributed by atoms with Crippen LogP contribution in [-0.2, 0) is 31.0 Å². The summed E-state index contributed by atoms with van der Waals surface area (Å²) < 4.78 is 0. The molecule has 0 heterocycles. The van der Waals surface area contributed by atoms with Gasteiger partial charge in [-0.3, -0.25) is 4.79 Å². The molecule has 54 valence electrons. The molecule has 2 N–H and O–H groups in total. The largest absolute Gasteiger partial charge is 0.481 e. The number of aliphatic hydroxyl groups is 1. The quantitative estimate of drug-likeness (QED) is 0.612. The molecule has 0 aliphatic rings. The molecule has 0 rings (SSSR count). The first kappa shape index (κ1) is 16.1. The number of carboxylic acid groups (broad SMARTS) is 1. The minimum atomic E-state index is -0.833. The van der Waals surface area contributed by atoms with Gasteiger partial charge in [-0.25, -0.2) is 0 Å². The SMILES string of the molecule is CC(=O)O.CC(C)O.[Zr]. The summed E-state index contributed by atoms with van der Waals surface area (Å²) in [5.41, 5.74) is 0. The molecule has 0 amide bonds. The molecule has 0 atom stereocenters. The van der Waals surface area contributed by atoms with Crippen molar-refractivity contribution in [2.75, 3.05) is 0 Å². The fourth-order valence-corrected chi connectivity index (χ4v) is 0. The van der Waals surface area contributed by atoms with Crippen molar-refractivity contribution in [2.24, 2.45) is 0 Å². The Hall–Kier alpha value is 0.313. The van der Waals surface area contributed by atoms with Gasteiger partial charge in [-0.2, -0.15) is 0 Å². The number of aliphatic hydroxyl groups excluding tert-OH is 1. The van der Waals surface area contributed by atoms with Crippen LogP contribution in [0.25, 0.3) is 0 Å². The standard InChI is InChI=1S/C3H8O.C2H4O2.Zr/c1-3(2)4;1-2(3)4;/h3-4H,1-2H3;1H3,(H,3,4);. The monoisotopic (exact) mass is 210 g/mol. The fraction of sp³-hybridized carbons (Fsp3) is 0.800. The van der Waals surface area contributed by atoms with Crippen molar-refractivity contribution in [3.05, 3.63) is 0 Å². The molecule has 0 radical (unpaired) electrons. The van der Waals surface area contributed by atoms with E-state index < -0.39 is 5.97 Å². The number of carbonyl (C=O) groups is 1. The molecule has 0 aliphatic carbocycles. The van der Waals surface area contributed by atoms with Crippen molar-refractivity contribution in [3.8, 4) is 0 Å². The Morgan fingerprint density at radius 2 is 1.44 bits per heavy atom. The summed E-state index contributed by atoms with van der Waals surface area (Å²) >= 11 is 0. The molecule has 0 aromatic heterocycles. The zero-order valence-corrected chi connectivity index (χ0v) is 8.34. The average molecular weight is 211 g/mol. The maximum absolute atomic E-state index is 9.00. The molecular weight excluding hydrogens is 199 g/mol. The minimum absolute atomic E-state index is 0. The van der Waals surface area contributed by atoms with E-state index in [9.17, 15) is 0 Å². The van der Waals surface area contributed by atoms with E-state index in [0.29, 0.717) is 0 Å². The van der Waals surface area contributed by atoms with Gasteiger partial charge < -0.3 is 10.2 Å². The third-order valence-corrected chi connectivity index (χ3v) is 0. The van der Waals surface area contributed by atoms with Crippen LogP contribution in [0, 0.1) is 0 Å². The molecule has 0 aromatic rings. The van der Waals surface area contributed by atoms with Crippen LogP contribution < -0.4 is 0 Å². The van der Waals surface area contributed by atoms with Crippen LogP contribution in [0.2, 0.25) is 0 Å². The van der Waals surface area contributed by atoms with Crippen LogP contribution >= 0.6 is 0 Å². The van der Waals surface area contributed by atoms with Gasteiger partial charge in [0.1, 0.15) is 0 Å². The Morgan fingerprint density at radius 1 is 1.44 bits per heavy atom. The Bertz CT molecular complexity index is 56.5. The van der Waals surface area contributed by atoms with Crippen LogP contribution in [0.4, 0.5) is 0 Å². The van der Waals surface area contributed by atoms with Gasteiger partial charge in [-0.05, 0) is 13.8 Å². The molecule has 0 bridgehead atoms. The van der Waals surface area contributed by atoms with E-state index in [4.69, 9.17) is 15.0 Å². The zero-order valence-electron chi connectivity index (χ0n) is 5.88. The van der Waals surface area contributed by atoms with Crippen LogP contribution in [0.3, 0.4) is 0 Å². The second-order valence-corrected chi connectivity index (χ2v) is 1.61. The number of carboxylic acids is 1. The second-order valence-electron chi connectivity index (χ2n) is 1.61. The third-order valence-electron chi connectivity index (χ3n) is 0. The van der Waals surface area contributed by atoms with Gasteiger partial charge in [0.05, 0.1) is 0 Å². The smallest absolute Gasteiger partial charge is 0.300 e.